The number of benzene rings is 2. The lowest BCUT2D eigenvalue weighted by Gasteiger charge is -2.23. The third kappa shape index (κ3) is 4.21. The molecule has 0 aromatic heterocycles. The van der Waals surface area contributed by atoms with E-state index in [2.05, 4.69) is 17.4 Å². The van der Waals surface area contributed by atoms with Crippen LogP contribution in [0.25, 0.3) is 0 Å². The number of carboxylic acid groups (broad SMARTS) is 1. The van der Waals surface area contributed by atoms with Crippen molar-refractivity contribution in [2.75, 3.05) is 18.0 Å². The van der Waals surface area contributed by atoms with Gasteiger partial charge in [-0.15, -0.1) is 12.4 Å². The Kier molecular flexibility index (Phi) is 6.37. The van der Waals surface area contributed by atoms with E-state index in [0.717, 1.165) is 48.3 Å². The third-order valence-corrected chi connectivity index (χ3v) is 5.62. The first-order valence-electron chi connectivity index (χ1n) is 9.58. The molecule has 0 aliphatic carbocycles. The maximum absolute atomic E-state index is 12.8. The highest BCUT2D eigenvalue weighted by Crippen LogP contribution is 2.33. The molecule has 148 valence electrons. The van der Waals surface area contributed by atoms with Gasteiger partial charge in [0.25, 0.3) is 5.91 Å². The molecule has 2 aromatic rings. The first-order chi connectivity index (χ1) is 13.1. The fraction of sp³-hybridized carbons (Fsp3) is 0.364. The van der Waals surface area contributed by atoms with E-state index in [1.807, 2.05) is 30.3 Å². The standard InChI is InChI=1S/C22H24N2O3.ClH/c25-21(26)8-3-15-1-5-19(6-2-15)24-14-18-13-17(4-7-20(18)22(24)27)16-9-11-23-12-10-16;/h1-2,4-7,13,16,23H,3,8-12,14H2,(H,25,26);1H. The summed E-state index contributed by atoms with van der Waals surface area (Å²) in [5.74, 6) is -0.178. The third-order valence-electron chi connectivity index (χ3n) is 5.62. The van der Waals surface area contributed by atoms with Crippen LogP contribution in [0.1, 0.15) is 52.2 Å². The van der Waals surface area contributed by atoms with Crippen molar-refractivity contribution in [2.24, 2.45) is 0 Å². The lowest BCUT2D eigenvalue weighted by Crippen LogP contribution is -2.26. The Balaban J connectivity index is 0.00000225. The van der Waals surface area contributed by atoms with Gasteiger partial charge in [0, 0.05) is 17.7 Å². The minimum absolute atomic E-state index is 0. The molecule has 0 atom stereocenters. The number of nitrogens with zero attached hydrogens (tertiary/aromatic N) is 1. The molecule has 0 radical (unpaired) electrons. The Morgan fingerprint density at radius 3 is 2.50 bits per heavy atom. The van der Waals surface area contributed by atoms with Crippen molar-refractivity contribution < 1.29 is 14.7 Å². The molecule has 2 aromatic carbocycles. The summed E-state index contributed by atoms with van der Waals surface area (Å²) < 4.78 is 0. The number of carbonyl (C=O) groups excluding carboxylic acids is 1. The molecule has 1 saturated heterocycles. The quantitative estimate of drug-likeness (QED) is 0.801. The summed E-state index contributed by atoms with van der Waals surface area (Å²) in [7, 11) is 0. The van der Waals surface area contributed by atoms with E-state index in [1.165, 1.54) is 5.56 Å². The largest absolute Gasteiger partial charge is 0.481 e. The van der Waals surface area contributed by atoms with Crippen LogP contribution in [0.4, 0.5) is 5.69 Å². The van der Waals surface area contributed by atoms with E-state index in [1.54, 1.807) is 4.90 Å². The highest BCUT2D eigenvalue weighted by atomic mass is 35.5. The molecule has 5 nitrogen and oxygen atoms in total. The summed E-state index contributed by atoms with van der Waals surface area (Å²) in [6.45, 7) is 2.71. The molecule has 0 bridgehead atoms. The minimum atomic E-state index is -0.797. The number of anilines is 1. The van der Waals surface area contributed by atoms with Gasteiger partial charge in [-0.25, -0.2) is 0 Å². The topological polar surface area (TPSA) is 69.6 Å². The van der Waals surface area contributed by atoms with E-state index in [4.69, 9.17) is 5.11 Å². The molecular formula is C22H25ClN2O3. The van der Waals surface area contributed by atoms with Crippen LogP contribution in [0.5, 0.6) is 0 Å². The zero-order chi connectivity index (χ0) is 18.8. The van der Waals surface area contributed by atoms with E-state index < -0.39 is 5.97 Å². The molecule has 0 spiro atoms. The number of carboxylic acids is 1. The molecule has 0 saturated carbocycles. The van der Waals surface area contributed by atoms with E-state index in [9.17, 15) is 9.59 Å². The van der Waals surface area contributed by atoms with Crippen LogP contribution in [0.2, 0.25) is 0 Å². The van der Waals surface area contributed by atoms with Crippen LogP contribution in [0.15, 0.2) is 42.5 Å². The normalized spacial score (nSPS) is 16.6. The fourth-order valence-corrected chi connectivity index (χ4v) is 4.05. The van der Waals surface area contributed by atoms with Gasteiger partial charge in [-0.1, -0.05) is 24.3 Å². The minimum Gasteiger partial charge on any atom is -0.481 e. The SMILES string of the molecule is Cl.O=C(O)CCc1ccc(N2Cc3cc(C4CCNCC4)ccc3C2=O)cc1. The number of hydrogen-bond acceptors (Lipinski definition) is 3. The first-order valence-corrected chi connectivity index (χ1v) is 9.58. The summed E-state index contributed by atoms with van der Waals surface area (Å²) in [6.07, 6.45) is 2.92. The Morgan fingerprint density at radius 2 is 1.82 bits per heavy atom. The Hall–Kier alpha value is -2.37. The lowest BCUT2D eigenvalue weighted by atomic mass is 9.88. The average molecular weight is 401 g/mol. The van der Waals surface area contributed by atoms with Crippen LogP contribution in [0, 0.1) is 0 Å². The van der Waals surface area contributed by atoms with Gasteiger partial charge >= 0.3 is 5.97 Å². The van der Waals surface area contributed by atoms with Gasteiger partial charge in [-0.3, -0.25) is 9.59 Å². The van der Waals surface area contributed by atoms with Gasteiger partial charge in [0.05, 0.1) is 6.54 Å². The van der Waals surface area contributed by atoms with Gasteiger partial charge < -0.3 is 15.3 Å². The van der Waals surface area contributed by atoms with Crippen molar-refractivity contribution in [3.05, 3.63) is 64.7 Å². The van der Waals surface area contributed by atoms with Gasteiger partial charge in [-0.2, -0.15) is 0 Å². The Labute approximate surface area is 171 Å². The maximum atomic E-state index is 12.8. The number of hydrogen-bond donors (Lipinski definition) is 2. The van der Waals surface area contributed by atoms with Gasteiger partial charge in [0.15, 0.2) is 0 Å². The highest BCUT2D eigenvalue weighted by molar-refractivity contribution is 6.10. The number of amides is 1. The monoisotopic (exact) mass is 400 g/mol. The molecule has 2 aliphatic rings. The number of halogens is 1. The van der Waals surface area contributed by atoms with Crippen molar-refractivity contribution in [3.8, 4) is 0 Å². The second-order valence-corrected chi connectivity index (χ2v) is 7.39. The van der Waals surface area contributed by atoms with Crippen LogP contribution in [-0.4, -0.2) is 30.1 Å². The number of fused-ring (bicyclic) bond motifs is 1. The number of piperidine rings is 1. The van der Waals surface area contributed by atoms with E-state index >= 15 is 0 Å². The molecule has 2 N–H and O–H groups in total. The van der Waals surface area contributed by atoms with Crippen molar-refractivity contribution in [2.45, 2.75) is 38.1 Å². The summed E-state index contributed by atoms with van der Waals surface area (Å²) >= 11 is 0. The van der Waals surface area contributed by atoms with Gasteiger partial charge in [-0.05, 0) is 73.2 Å². The van der Waals surface area contributed by atoms with Crippen LogP contribution < -0.4 is 10.2 Å². The zero-order valence-electron chi connectivity index (χ0n) is 15.7. The second-order valence-electron chi connectivity index (χ2n) is 7.39. The summed E-state index contributed by atoms with van der Waals surface area (Å²) in [5.41, 5.74) is 5.07. The number of nitrogens with one attached hydrogen (secondary N) is 1. The molecule has 1 fully saturated rings. The molecule has 2 heterocycles. The average Bonchev–Trinajstić information content (AvgIpc) is 3.03. The summed E-state index contributed by atoms with van der Waals surface area (Å²) in [6, 6.07) is 14.0. The Morgan fingerprint density at radius 1 is 1.11 bits per heavy atom. The predicted octanol–water partition coefficient (Wildman–Crippen LogP) is 3.75. The van der Waals surface area contributed by atoms with Gasteiger partial charge in [0.1, 0.15) is 0 Å². The van der Waals surface area contributed by atoms with Crippen LogP contribution in [-0.2, 0) is 17.8 Å². The van der Waals surface area contributed by atoms with Crippen molar-refractivity contribution >= 4 is 30.0 Å². The zero-order valence-corrected chi connectivity index (χ0v) is 16.5. The molecule has 2 aliphatic heterocycles. The number of aryl methyl sites for hydroxylation is 1. The molecule has 0 unspecified atom stereocenters. The fourth-order valence-electron chi connectivity index (χ4n) is 4.05. The lowest BCUT2D eigenvalue weighted by molar-refractivity contribution is -0.136. The van der Waals surface area contributed by atoms with Gasteiger partial charge in [0.2, 0.25) is 0 Å². The number of rotatable bonds is 5. The predicted molar refractivity (Wildman–Crippen MR) is 111 cm³/mol. The smallest absolute Gasteiger partial charge is 0.303 e. The molecule has 1 amide bonds. The molecular weight excluding hydrogens is 376 g/mol. The van der Waals surface area contributed by atoms with Crippen molar-refractivity contribution in [1.82, 2.24) is 5.32 Å². The highest BCUT2D eigenvalue weighted by Gasteiger charge is 2.29. The van der Waals surface area contributed by atoms with E-state index in [-0.39, 0.29) is 24.7 Å². The van der Waals surface area contributed by atoms with Crippen LogP contribution in [0.3, 0.4) is 0 Å². The Bertz CT molecular complexity index is 861. The van der Waals surface area contributed by atoms with Crippen LogP contribution >= 0.6 is 12.4 Å². The first kappa shape index (κ1) is 20.4. The molecule has 28 heavy (non-hydrogen) atoms. The molecule has 4 rings (SSSR count). The maximum Gasteiger partial charge on any atom is 0.303 e. The summed E-state index contributed by atoms with van der Waals surface area (Å²) in [5, 5.41) is 12.2. The number of aliphatic carboxylic acids is 1. The van der Waals surface area contributed by atoms with E-state index in [0.29, 0.717) is 18.9 Å². The van der Waals surface area contributed by atoms with Crippen molar-refractivity contribution in [1.29, 1.82) is 0 Å². The van der Waals surface area contributed by atoms with Crippen molar-refractivity contribution in [3.63, 3.8) is 0 Å². The molecule has 6 heteroatoms. The second kappa shape index (κ2) is 8.76. The summed E-state index contributed by atoms with van der Waals surface area (Å²) in [4.78, 5) is 25.3. The number of carbonyl (C=O) groups is 2.